The molecule has 0 bridgehead atoms. The zero-order valence-corrected chi connectivity index (χ0v) is 17.9. The van der Waals surface area contributed by atoms with Crippen LogP contribution in [-0.4, -0.2) is 29.5 Å². The second kappa shape index (κ2) is 8.15. The van der Waals surface area contributed by atoms with Crippen LogP contribution in [-0.2, 0) is 4.79 Å². The van der Waals surface area contributed by atoms with Crippen molar-refractivity contribution in [3.63, 3.8) is 0 Å². The Morgan fingerprint density at radius 1 is 1.03 bits per heavy atom. The van der Waals surface area contributed by atoms with Gasteiger partial charge >= 0.3 is 5.63 Å². The van der Waals surface area contributed by atoms with Gasteiger partial charge in [0.15, 0.2) is 5.60 Å². The molecule has 156 valence electrons. The molecule has 4 rings (SSSR count). The van der Waals surface area contributed by atoms with E-state index in [0.717, 1.165) is 43.3 Å². The van der Waals surface area contributed by atoms with Crippen LogP contribution in [0, 0.1) is 0 Å². The molecule has 1 fully saturated rings. The summed E-state index contributed by atoms with van der Waals surface area (Å²) < 4.78 is 11.5. The Labute approximate surface area is 180 Å². The van der Waals surface area contributed by atoms with Gasteiger partial charge in [0.2, 0.25) is 0 Å². The maximum atomic E-state index is 12.9. The van der Waals surface area contributed by atoms with Crippen LogP contribution in [0.3, 0.4) is 0 Å². The van der Waals surface area contributed by atoms with E-state index in [-0.39, 0.29) is 5.91 Å². The van der Waals surface area contributed by atoms with E-state index in [1.54, 1.807) is 32.0 Å². The number of fused-ring (bicyclic) bond motifs is 1. The van der Waals surface area contributed by atoms with E-state index in [2.05, 4.69) is 0 Å². The predicted octanol–water partition coefficient (Wildman–Crippen LogP) is 5.28. The Balaban J connectivity index is 1.68. The minimum Gasteiger partial charge on any atom is -0.478 e. The largest absolute Gasteiger partial charge is 0.478 e. The Kier molecular flexibility index (Phi) is 5.56. The van der Waals surface area contributed by atoms with Crippen LogP contribution in [0.25, 0.3) is 22.1 Å². The first-order valence-corrected chi connectivity index (χ1v) is 10.5. The molecular weight excluding hydrogens is 402 g/mol. The fraction of sp³-hybridized carbons (Fsp3) is 0.333. The predicted molar refractivity (Wildman–Crippen MR) is 118 cm³/mol. The first kappa shape index (κ1) is 20.5. The van der Waals surface area contributed by atoms with Gasteiger partial charge in [-0.2, -0.15) is 0 Å². The Morgan fingerprint density at radius 3 is 2.50 bits per heavy atom. The summed E-state index contributed by atoms with van der Waals surface area (Å²) in [4.78, 5) is 27.0. The van der Waals surface area contributed by atoms with Crippen LogP contribution in [0.4, 0.5) is 0 Å². The van der Waals surface area contributed by atoms with Crippen molar-refractivity contribution in [3.05, 3.63) is 64.0 Å². The molecule has 2 aromatic carbocycles. The summed E-state index contributed by atoms with van der Waals surface area (Å²) >= 11 is 6.34. The molecule has 2 heterocycles. The molecule has 0 aliphatic carbocycles. The van der Waals surface area contributed by atoms with Crippen LogP contribution < -0.4 is 10.4 Å². The quantitative estimate of drug-likeness (QED) is 0.533. The molecule has 3 aromatic rings. The molecule has 1 saturated heterocycles. The van der Waals surface area contributed by atoms with Crippen LogP contribution >= 0.6 is 11.6 Å². The van der Waals surface area contributed by atoms with Gasteiger partial charge in [0.25, 0.3) is 5.91 Å². The number of carbonyl (C=O) groups is 1. The van der Waals surface area contributed by atoms with Gasteiger partial charge in [-0.1, -0.05) is 29.8 Å². The lowest BCUT2D eigenvalue weighted by atomic mass is 10.0. The van der Waals surface area contributed by atoms with Gasteiger partial charge in [-0.3, -0.25) is 4.79 Å². The topological polar surface area (TPSA) is 59.8 Å². The molecule has 30 heavy (non-hydrogen) atoms. The highest BCUT2D eigenvalue weighted by Crippen LogP contribution is 2.34. The van der Waals surface area contributed by atoms with Crippen molar-refractivity contribution >= 4 is 28.5 Å². The lowest BCUT2D eigenvalue weighted by Crippen LogP contribution is -2.50. The fourth-order valence-electron chi connectivity index (χ4n) is 3.93. The highest BCUT2D eigenvalue weighted by molar-refractivity contribution is 6.33. The van der Waals surface area contributed by atoms with E-state index in [0.29, 0.717) is 21.9 Å². The maximum Gasteiger partial charge on any atom is 0.336 e. The summed E-state index contributed by atoms with van der Waals surface area (Å²) in [6, 6.07) is 14.1. The van der Waals surface area contributed by atoms with E-state index in [4.69, 9.17) is 20.8 Å². The van der Waals surface area contributed by atoms with Crippen LogP contribution in [0.15, 0.2) is 57.7 Å². The molecule has 1 aliphatic rings. The van der Waals surface area contributed by atoms with E-state index < -0.39 is 11.2 Å². The highest BCUT2D eigenvalue weighted by Gasteiger charge is 2.34. The second-order valence-corrected chi connectivity index (χ2v) is 8.49. The Hall–Kier alpha value is -2.79. The van der Waals surface area contributed by atoms with Crippen molar-refractivity contribution < 1.29 is 13.9 Å². The third kappa shape index (κ3) is 4.08. The van der Waals surface area contributed by atoms with E-state index in [1.807, 2.05) is 29.2 Å². The number of piperidine rings is 1. The summed E-state index contributed by atoms with van der Waals surface area (Å²) in [5, 5.41) is 1.30. The highest BCUT2D eigenvalue weighted by atomic mass is 35.5. The third-order valence-electron chi connectivity index (χ3n) is 5.41. The van der Waals surface area contributed by atoms with Gasteiger partial charge < -0.3 is 14.1 Å². The van der Waals surface area contributed by atoms with E-state index in [9.17, 15) is 9.59 Å². The average molecular weight is 426 g/mol. The number of hydrogen-bond donors (Lipinski definition) is 0. The zero-order chi connectivity index (χ0) is 21.3. The summed E-state index contributed by atoms with van der Waals surface area (Å²) in [5.41, 5.74) is 0.342. The first-order valence-electron chi connectivity index (χ1n) is 10.2. The third-order valence-corrected chi connectivity index (χ3v) is 5.74. The number of amides is 1. The number of carbonyl (C=O) groups excluding carboxylic acids is 1. The number of halogens is 1. The summed E-state index contributed by atoms with van der Waals surface area (Å²) in [7, 11) is 0. The molecule has 0 spiro atoms. The molecule has 0 radical (unpaired) electrons. The van der Waals surface area contributed by atoms with Crippen LogP contribution in [0.5, 0.6) is 5.75 Å². The number of rotatable bonds is 4. The molecular formula is C24H24ClNO4. The number of benzene rings is 2. The van der Waals surface area contributed by atoms with Crippen molar-refractivity contribution in [3.8, 4) is 16.9 Å². The molecule has 1 aliphatic heterocycles. The van der Waals surface area contributed by atoms with Crippen molar-refractivity contribution in [2.24, 2.45) is 0 Å². The molecule has 6 heteroatoms. The maximum absolute atomic E-state index is 12.9. The number of nitrogens with zero attached hydrogens (tertiary/aromatic N) is 1. The molecule has 1 amide bonds. The van der Waals surface area contributed by atoms with Crippen LogP contribution in [0.1, 0.15) is 33.1 Å². The van der Waals surface area contributed by atoms with Crippen molar-refractivity contribution in [2.75, 3.05) is 13.1 Å². The average Bonchev–Trinajstić information content (AvgIpc) is 2.73. The molecule has 0 unspecified atom stereocenters. The van der Waals surface area contributed by atoms with Crippen molar-refractivity contribution in [1.29, 1.82) is 0 Å². The minimum absolute atomic E-state index is 0.0337. The van der Waals surface area contributed by atoms with Gasteiger partial charge in [0, 0.05) is 46.8 Å². The minimum atomic E-state index is -1.02. The molecule has 0 saturated carbocycles. The number of likely N-dealkylation sites (tertiary alicyclic amines) is 1. The van der Waals surface area contributed by atoms with Crippen molar-refractivity contribution in [2.45, 2.75) is 38.7 Å². The molecule has 0 N–H and O–H groups in total. The standard InChI is InChI=1S/C24H24ClNO4/c1-24(2,23(28)26-12-6-3-7-13-26)30-16-10-11-18-19(15-22(27)29-21(18)14-16)17-8-4-5-9-20(17)25/h4-5,8-11,14-15H,3,6-7,12-13H2,1-2H3. The smallest absolute Gasteiger partial charge is 0.336 e. The van der Waals surface area contributed by atoms with E-state index >= 15 is 0 Å². The lowest BCUT2D eigenvalue weighted by molar-refractivity contribution is -0.146. The summed E-state index contributed by atoms with van der Waals surface area (Å²) in [6.45, 7) is 5.06. The lowest BCUT2D eigenvalue weighted by Gasteiger charge is -2.34. The molecule has 0 atom stereocenters. The fourth-order valence-corrected chi connectivity index (χ4v) is 4.16. The van der Waals surface area contributed by atoms with Crippen LogP contribution in [0.2, 0.25) is 5.02 Å². The normalized spacial score (nSPS) is 14.7. The first-order chi connectivity index (χ1) is 14.3. The van der Waals surface area contributed by atoms with Gasteiger partial charge in [-0.15, -0.1) is 0 Å². The SMILES string of the molecule is CC(C)(Oc1ccc2c(-c3ccccc3Cl)cc(=O)oc2c1)C(=O)N1CCCCC1. The summed E-state index contributed by atoms with van der Waals surface area (Å²) in [5.74, 6) is 0.436. The molecule has 1 aromatic heterocycles. The van der Waals surface area contributed by atoms with Gasteiger partial charge in [0.05, 0.1) is 0 Å². The number of hydrogen-bond acceptors (Lipinski definition) is 4. The summed E-state index contributed by atoms with van der Waals surface area (Å²) in [6.07, 6.45) is 3.20. The Bertz CT molecular complexity index is 1150. The second-order valence-electron chi connectivity index (χ2n) is 8.08. The Morgan fingerprint density at radius 2 is 1.77 bits per heavy atom. The number of ether oxygens (including phenoxy) is 1. The van der Waals surface area contributed by atoms with Gasteiger partial charge in [-0.05, 0) is 51.3 Å². The van der Waals surface area contributed by atoms with Crippen molar-refractivity contribution in [1.82, 2.24) is 4.90 Å². The molecule has 5 nitrogen and oxygen atoms in total. The zero-order valence-electron chi connectivity index (χ0n) is 17.1. The van der Waals surface area contributed by atoms with Gasteiger partial charge in [-0.25, -0.2) is 4.79 Å². The van der Waals surface area contributed by atoms with Gasteiger partial charge in [0.1, 0.15) is 11.3 Å². The van der Waals surface area contributed by atoms with E-state index in [1.165, 1.54) is 6.07 Å². The monoisotopic (exact) mass is 425 g/mol.